The fraction of sp³-hybridized carbons (Fsp3) is 0.533. The van der Waals surface area contributed by atoms with Crippen molar-refractivity contribution in [2.45, 2.75) is 51.6 Å². The van der Waals surface area contributed by atoms with Crippen LogP contribution in [0.1, 0.15) is 45.2 Å². The number of hydrogen-bond acceptors (Lipinski definition) is 3. The molecule has 0 saturated heterocycles. The smallest absolute Gasteiger partial charge is 0.347 e. The van der Waals surface area contributed by atoms with Gasteiger partial charge in [-0.1, -0.05) is 20.8 Å². The average molecular weight is 264 g/mol. The Labute approximate surface area is 113 Å². The van der Waals surface area contributed by atoms with Gasteiger partial charge < -0.3 is 14.9 Å². The summed E-state index contributed by atoms with van der Waals surface area (Å²) in [5.41, 5.74) is 0.226. The molecule has 4 nitrogen and oxygen atoms in total. The van der Waals surface area contributed by atoms with E-state index in [9.17, 15) is 15.0 Å². The van der Waals surface area contributed by atoms with E-state index < -0.39 is 11.6 Å². The van der Waals surface area contributed by atoms with Gasteiger partial charge in [-0.15, -0.1) is 0 Å². The van der Waals surface area contributed by atoms with Crippen LogP contribution in [-0.2, 0) is 16.6 Å². The summed E-state index contributed by atoms with van der Waals surface area (Å²) >= 11 is 0. The number of phenols is 1. The van der Waals surface area contributed by atoms with Gasteiger partial charge in [0.1, 0.15) is 11.5 Å². The van der Waals surface area contributed by atoms with Gasteiger partial charge in [0.2, 0.25) is 5.60 Å². The Hall–Kier alpha value is -1.71. The highest BCUT2D eigenvalue weighted by atomic mass is 16.5. The molecular weight excluding hydrogens is 244 g/mol. The number of aliphatic carboxylic acids is 1. The summed E-state index contributed by atoms with van der Waals surface area (Å²) in [6, 6.07) is 3.46. The number of phenolic OH excluding ortho intramolecular Hbond substituents is 1. The number of aromatic hydroxyl groups is 1. The Kier molecular flexibility index (Phi) is 3.00. The number of rotatable bonds is 1. The molecule has 1 unspecified atom stereocenters. The van der Waals surface area contributed by atoms with Gasteiger partial charge in [-0.05, 0) is 36.5 Å². The van der Waals surface area contributed by atoms with Gasteiger partial charge in [0.25, 0.3) is 0 Å². The van der Waals surface area contributed by atoms with E-state index in [0.29, 0.717) is 18.6 Å². The number of fused-ring (bicyclic) bond motifs is 1. The van der Waals surface area contributed by atoms with Gasteiger partial charge in [-0.2, -0.15) is 0 Å². The molecule has 0 saturated carbocycles. The molecule has 19 heavy (non-hydrogen) atoms. The minimum absolute atomic E-state index is 0.223. The zero-order valence-corrected chi connectivity index (χ0v) is 11.8. The molecule has 104 valence electrons. The van der Waals surface area contributed by atoms with Crippen molar-refractivity contribution in [3.05, 3.63) is 23.3 Å². The Morgan fingerprint density at radius 2 is 2.00 bits per heavy atom. The van der Waals surface area contributed by atoms with Crippen molar-refractivity contribution in [3.63, 3.8) is 0 Å². The van der Waals surface area contributed by atoms with Gasteiger partial charge in [0.05, 0.1) is 0 Å². The molecule has 0 aliphatic carbocycles. The number of carbonyl (C=O) groups is 1. The van der Waals surface area contributed by atoms with Gasteiger partial charge >= 0.3 is 5.97 Å². The second kappa shape index (κ2) is 4.15. The number of carboxylic acids is 1. The zero-order chi connectivity index (χ0) is 14.4. The number of aryl methyl sites for hydroxylation is 1. The Bertz CT molecular complexity index is 528. The van der Waals surface area contributed by atoms with E-state index in [0.717, 1.165) is 11.1 Å². The fourth-order valence-electron chi connectivity index (χ4n) is 2.32. The third-order valence-corrected chi connectivity index (χ3v) is 3.65. The first-order valence-corrected chi connectivity index (χ1v) is 6.42. The second-order valence-electron chi connectivity index (χ2n) is 6.37. The highest BCUT2D eigenvalue weighted by Gasteiger charge is 2.39. The molecule has 1 aromatic carbocycles. The van der Waals surface area contributed by atoms with Crippen LogP contribution >= 0.6 is 0 Å². The summed E-state index contributed by atoms with van der Waals surface area (Å²) in [7, 11) is 0. The molecule has 4 heteroatoms. The SMILES string of the molecule is CC1(C(=O)O)CCc2cc(O)c(C(C)(C)C)cc2O1. The maximum atomic E-state index is 11.3. The summed E-state index contributed by atoms with van der Waals surface area (Å²) in [6.45, 7) is 7.57. The third-order valence-electron chi connectivity index (χ3n) is 3.65. The van der Waals surface area contributed by atoms with E-state index in [1.54, 1.807) is 19.1 Å². The first kappa shape index (κ1) is 13.7. The van der Waals surface area contributed by atoms with E-state index in [2.05, 4.69) is 0 Å². The van der Waals surface area contributed by atoms with Crippen LogP contribution in [0.15, 0.2) is 12.1 Å². The summed E-state index contributed by atoms with van der Waals surface area (Å²) in [5.74, 6) is -0.142. The predicted molar refractivity (Wildman–Crippen MR) is 71.8 cm³/mol. The quantitative estimate of drug-likeness (QED) is 0.818. The van der Waals surface area contributed by atoms with E-state index >= 15 is 0 Å². The fourth-order valence-corrected chi connectivity index (χ4v) is 2.32. The largest absolute Gasteiger partial charge is 0.508 e. The highest BCUT2D eigenvalue weighted by Crippen LogP contribution is 2.41. The van der Waals surface area contributed by atoms with Crippen LogP contribution in [0.2, 0.25) is 0 Å². The topological polar surface area (TPSA) is 66.8 Å². The lowest BCUT2D eigenvalue weighted by atomic mass is 9.84. The number of carboxylic acid groups (broad SMARTS) is 1. The Balaban J connectivity index is 2.48. The van der Waals surface area contributed by atoms with Crippen LogP contribution in [-0.4, -0.2) is 21.8 Å². The molecule has 0 amide bonds. The Morgan fingerprint density at radius 1 is 1.37 bits per heavy atom. The predicted octanol–water partition coefficient (Wildman–Crippen LogP) is 2.86. The number of hydrogen-bond donors (Lipinski definition) is 2. The maximum Gasteiger partial charge on any atom is 0.347 e. The Morgan fingerprint density at radius 3 is 2.53 bits per heavy atom. The van der Waals surface area contributed by atoms with Crippen molar-refractivity contribution in [3.8, 4) is 11.5 Å². The van der Waals surface area contributed by atoms with Crippen LogP contribution in [0, 0.1) is 0 Å². The number of benzene rings is 1. The van der Waals surface area contributed by atoms with Crippen LogP contribution in [0.5, 0.6) is 11.5 Å². The lowest BCUT2D eigenvalue weighted by Gasteiger charge is -2.33. The van der Waals surface area contributed by atoms with E-state index in [-0.39, 0.29) is 11.2 Å². The summed E-state index contributed by atoms with van der Waals surface area (Å²) in [4.78, 5) is 11.3. The zero-order valence-electron chi connectivity index (χ0n) is 11.8. The standard InChI is InChI=1S/C15H20O4/c1-14(2,3)10-8-12-9(7-11(10)16)5-6-15(4,19-12)13(17)18/h7-8,16H,5-6H2,1-4H3,(H,17,18). The van der Waals surface area contributed by atoms with Crippen molar-refractivity contribution in [2.24, 2.45) is 0 Å². The minimum atomic E-state index is -1.18. The van der Waals surface area contributed by atoms with E-state index in [1.807, 2.05) is 20.8 Å². The van der Waals surface area contributed by atoms with Gasteiger partial charge in [0, 0.05) is 12.0 Å². The highest BCUT2D eigenvalue weighted by molar-refractivity contribution is 5.78. The van der Waals surface area contributed by atoms with Crippen molar-refractivity contribution in [2.75, 3.05) is 0 Å². The molecule has 1 aliphatic heterocycles. The lowest BCUT2D eigenvalue weighted by molar-refractivity contribution is -0.155. The monoisotopic (exact) mass is 264 g/mol. The van der Waals surface area contributed by atoms with Crippen LogP contribution in [0.25, 0.3) is 0 Å². The van der Waals surface area contributed by atoms with Crippen LogP contribution in [0.4, 0.5) is 0 Å². The molecule has 0 aromatic heterocycles. The third kappa shape index (κ3) is 2.39. The molecular formula is C15H20O4. The minimum Gasteiger partial charge on any atom is -0.508 e. The molecule has 1 aliphatic rings. The van der Waals surface area contributed by atoms with Crippen molar-refractivity contribution in [1.29, 1.82) is 0 Å². The molecule has 0 radical (unpaired) electrons. The summed E-state index contributed by atoms with van der Waals surface area (Å²) in [6.07, 6.45) is 1.000. The summed E-state index contributed by atoms with van der Waals surface area (Å²) < 4.78 is 5.66. The molecule has 2 rings (SSSR count). The average Bonchev–Trinajstić information content (AvgIpc) is 2.27. The maximum absolute atomic E-state index is 11.3. The normalized spacial score (nSPS) is 22.5. The van der Waals surface area contributed by atoms with E-state index in [4.69, 9.17) is 4.74 Å². The van der Waals surface area contributed by atoms with Crippen molar-refractivity contribution >= 4 is 5.97 Å². The molecule has 2 N–H and O–H groups in total. The first-order chi connectivity index (χ1) is 8.63. The molecule has 0 bridgehead atoms. The van der Waals surface area contributed by atoms with Crippen molar-refractivity contribution in [1.82, 2.24) is 0 Å². The molecule has 1 aromatic rings. The van der Waals surface area contributed by atoms with Gasteiger partial charge in [-0.25, -0.2) is 4.79 Å². The van der Waals surface area contributed by atoms with Gasteiger partial charge in [-0.3, -0.25) is 0 Å². The van der Waals surface area contributed by atoms with Crippen LogP contribution < -0.4 is 4.74 Å². The number of ether oxygens (including phenoxy) is 1. The first-order valence-electron chi connectivity index (χ1n) is 6.42. The van der Waals surface area contributed by atoms with Crippen LogP contribution in [0.3, 0.4) is 0 Å². The molecule has 0 spiro atoms. The van der Waals surface area contributed by atoms with Crippen molar-refractivity contribution < 1.29 is 19.7 Å². The van der Waals surface area contributed by atoms with E-state index in [1.165, 1.54) is 0 Å². The molecule has 1 heterocycles. The summed E-state index contributed by atoms with van der Waals surface area (Å²) in [5, 5.41) is 19.3. The van der Waals surface area contributed by atoms with Gasteiger partial charge in [0.15, 0.2) is 0 Å². The molecule has 1 atom stereocenters. The second-order valence-corrected chi connectivity index (χ2v) is 6.37. The lowest BCUT2D eigenvalue weighted by Crippen LogP contribution is -2.44. The molecule has 0 fully saturated rings.